The number of anilines is 1. The van der Waals surface area contributed by atoms with Gasteiger partial charge in [0, 0.05) is 21.3 Å². The van der Waals surface area contributed by atoms with Crippen LogP contribution < -0.4 is 15.4 Å². The molecule has 0 radical (unpaired) electrons. The minimum Gasteiger partial charge on any atom is -0.490 e. The van der Waals surface area contributed by atoms with Gasteiger partial charge in [-0.25, -0.2) is 4.79 Å². The van der Waals surface area contributed by atoms with Gasteiger partial charge in [0.25, 0.3) is 5.91 Å². The summed E-state index contributed by atoms with van der Waals surface area (Å²) in [6, 6.07) is 10.9. The molecule has 2 aromatic carbocycles. The molecule has 3 atom stereocenters. The second kappa shape index (κ2) is 10.4. The Morgan fingerprint density at radius 1 is 1.03 bits per heavy atom. The molecule has 7 heteroatoms. The topological polar surface area (TPSA) is 67.4 Å². The predicted molar refractivity (Wildman–Crippen MR) is 125 cm³/mol. The Hall–Kier alpha value is -2.24. The fourth-order valence-corrected chi connectivity index (χ4v) is 4.59. The highest BCUT2D eigenvalue weighted by Gasteiger charge is 2.32. The zero-order valence-electron chi connectivity index (χ0n) is 18.0. The van der Waals surface area contributed by atoms with E-state index in [1.54, 1.807) is 12.1 Å². The van der Waals surface area contributed by atoms with Crippen LogP contribution in [-0.4, -0.2) is 18.0 Å². The van der Waals surface area contributed by atoms with Gasteiger partial charge in [-0.15, -0.1) is 0 Å². The van der Waals surface area contributed by atoms with Crippen molar-refractivity contribution in [2.75, 3.05) is 5.32 Å². The van der Waals surface area contributed by atoms with Gasteiger partial charge in [-0.3, -0.25) is 10.1 Å². The molecule has 3 amide bonds. The molecular formula is C24H28Cl2N2O3. The number of imide groups is 1. The van der Waals surface area contributed by atoms with Crippen molar-refractivity contribution in [1.29, 1.82) is 0 Å². The lowest BCUT2D eigenvalue weighted by Crippen LogP contribution is -2.36. The normalized spacial score (nSPS) is 20.9. The van der Waals surface area contributed by atoms with Gasteiger partial charge in [-0.2, -0.15) is 0 Å². The van der Waals surface area contributed by atoms with Crippen LogP contribution in [0, 0.1) is 17.8 Å². The van der Waals surface area contributed by atoms with Crippen LogP contribution in [0.4, 0.5) is 10.5 Å². The highest BCUT2D eigenvalue weighted by molar-refractivity contribution is 6.35. The molecule has 0 bridgehead atoms. The molecule has 1 saturated carbocycles. The number of hydrogen-bond donors (Lipinski definition) is 2. The number of benzene rings is 2. The summed E-state index contributed by atoms with van der Waals surface area (Å²) in [6.07, 6.45) is 3.70. The summed E-state index contributed by atoms with van der Waals surface area (Å²) >= 11 is 11.8. The van der Waals surface area contributed by atoms with Crippen molar-refractivity contribution >= 4 is 40.8 Å². The number of hydrogen-bond acceptors (Lipinski definition) is 3. The van der Waals surface area contributed by atoms with Crippen molar-refractivity contribution in [3.05, 3.63) is 58.1 Å². The standard InChI is InChI=1S/C24H28Cl2N2O3/c1-14(2)21-9-4-15(3)10-22(21)31-20-7-5-19(6-8-20)27-24(30)28-23(29)16-11-17(25)13-18(26)12-16/h5-8,11-15,21-22H,4,9-10H2,1-3H3,(H2,27,28,29,30). The van der Waals surface area contributed by atoms with Gasteiger partial charge in [-0.05, 0) is 73.1 Å². The Kier molecular flexibility index (Phi) is 7.84. The number of rotatable bonds is 5. The molecule has 2 aromatic rings. The lowest BCUT2D eigenvalue weighted by atomic mass is 9.75. The maximum Gasteiger partial charge on any atom is 0.326 e. The van der Waals surface area contributed by atoms with Crippen LogP contribution in [0.3, 0.4) is 0 Å². The average Bonchev–Trinajstić information content (AvgIpc) is 2.68. The van der Waals surface area contributed by atoms with Crippen molar-refractivity contribution in [2.24, 2.45) is 17.8 Å². The van der Waals surface area contributed by atoms with Gasteiger partial charge in [0.05, 0.1) is 0 Å². The lowest BCUT2D eigenvalue weighted by molar-refractivity contribution is 0.0460. The van der Waals surface area contributed by atoms with Gasteiger partial charge < -0.3 is 10.1 Å². The van der Waals surface area contributed by atoms with Gasteiger partial charge >= 0.3 is 6.03 Å². The third-order valence-electron chi connectivity index (χ3n) is 5.71. The number of nitrogens with one attached hydrogen (secondary N) is 2. The van der Waals surface area contributed by atoms with Gasteiger partial charge in [0.2, 0.25) is 0 Å². The maximum absolute atomic E-state index is 12.2. The SMILES string of the molecule is CC1CCC(C(C)C)C(Oc2ccc(NC(=O)NC(=O)c3cc(Cl)cc(Cl)c3)cc2)C1. The van der Waals surface area contributed by atoms with E-state index in [9.17, 15) is 9.59 Å². The van der Waals surface area contributed by atoms with Crippen LogP contribution in [0.25, 0.3) is 0 Å². The molecule has 5 nitrogen and oxygen atoms in total. The van der Waals surface area contributed by atoms with Crippen molar-refractivity contribution < 1.29 is 14.3 Å². The first-order valence-corrected chi connectivity index (χ1v) is 11.3. The second-order valence-corrected chi connectivity index (χ2v) is 9.45. The van der Waals surface area contributed by atoms with Gasteiger partial charge in [-0.1, -0.05) is 50.4 Å². The van der Waals surface area contributed by atoms with E-state index in [1.807, 2.05) is 12.1 Å². The first-order valence-electron chi connectivity index (χ1n) is 10.6. The molecule has 3 unspecified atom stereocenters. The minimum absolute atomic E-state index is 0.202. The average molecular weight is 463 g/mol. The zero-order chi connectivity index (χ0) is 22.5. The Bertz CT molecular complexity index is 911. The van der Waals surface area contributed by atoms with Crippen molar-refractivity contribution in [1.82, 2.24) is 5.32 Å². The molecule has 31 heavy (non-hydrogen) atoms. The molecule has 0 heterocycles. The third kappa shape index (κ3) is 6.62. The van der Waals surface area contributed by atoms with E-state index in [4.69, 9.17) is 27.9 Å². The summed E-state index contributed by atoms with van der Waals surface area (Å²) in [5.41, 5.74) is 0.761. The zero-order valence-corrected chi connectivity index (χ0v) is 19.5. The molecule has 0 aromatic heterocycles. The highest BCUT2D eigenvalue weighted by atomic mass is 35.5. The molecule has 0 spiro atoms. The van der Waals surface area contributed by atoms with E-state index in [-0.39, 0.29) is 11.7 Å². The van der Waals surface area contributed by atoms with E-state index in [0.29, 0.717) is 33.5 Å². The fourth-order valence-electron chi connectivity index (χ4n) is 4.06. The van der Waals surface area contributed by atoms with E-state index in [0.717, 1.165) is 12.2 Å². The van der Waals surface area contributed by atoms with E-state index in [2.05, 4.69) is 31.4 Å². The Balaban J connectivity index is 1.57. The summed E-state index contributed by atoms with van der Waals surface area (Å²) in [4.78, 5) is 24.4. The van der Waals surface area contributed by atoms with Crippen molar-refractivity contribution in [3.63, 3.8) is 0 Å². The number of carbonyl (C=O) groups is 2. The highest BCUT2D eigenvalue weighted by Crippen LogP contribution is 2.36. The monoisotopic (exact) mass is 462 g/mol. The van der Waals surface area contributed by atoms with Crippen LogP contribution in [-0.2, 0) is 0 Å². The van der Waals surface area contributed by atoms with Crippen LogP contribution in [0.1, 0.15) is 50.4 Å². The maximum atomic E-state index is 12.2. The smallest absolute Gasteiger partial charge is 0.326 e. The summed E-state index contributed by atoms with van der Waals surface area (Å²) in [6.45, 7) is 6.78. The molecule has 3 rings (SSSR count). The molecule has 166 valence electrons. The number of amides is 3. The fraction of sp³-hybridized carbons (Fsp3) is 0.417. The first kappa shape index (κ1) is 23.4. The minimum atomic E-state index is -0.643. The van der Waals surface area contributed by atoms with E-state index < -0.39 is 11.9 Å². The van der Waals surface area contributed by atoms with Crippen LogP contribution in [0.5, 0.6) is 5.75 Å². The molecule has 2 N–H and O–H groups in total. The number of urea groups is 1. The van der Waals surface area contributed by atoms with Crippen LogP contribution in [0.15, 0.2) is 42.5 Å². The van der Waals surface area contributed by atoms with Crippen molar-refractivity contribution in [3.8, 4) is 5.75 Å². The lowest BCUT2D eigenvalue weighted by Gasteiger charge is -2.37. The summed E-state index contributed by atoms with van der Waals surface area (Å²) in [7, 11) is 0. The number of halogens is 2. The molecule has 1 aliphatic rings. The largest absolute Gasteiger partial charge is 0.490 e. The van der Waals surface area contributed by atoms with Gasteiger partial charge in [0.15, 0.2) is 0 Å². The number of carbonyl (C=O) groups excluding carboxylic acids is 2. The van der Waals surface area contributed by atoms with Crippen molar-refractivity contribution in [2.45, 2.75) is 46.1 Å². The quantitative estimate of drug-likeness (QED) is 0.513. The van der Waals surface area contributed by atoms with E-state index >= 15 is 0 Å². The summed E-state index contributed by atoms with van der Waals surface area (Å²) < 4.78 is 6.30. The van der Waals surface area contributed by atoms with Gasteiger partial charge in [0.1, 0.15) is 11.9 Å². The third-order valence-corrected chi connectivity index (χ3v) is 6.15. The van der Waals surface area contributed by atoms with Crippen LogP contribution >= 0.6 is 23.2 Å². The van der Waals surface area contributed by atoms with Crippen LogP contribution in [0.2, 0.25) is 10.0 Å². The Labute approximate surface area is 193 Å². The molecule has 1 fully saturated rings. The number of ether oxygens (including phenoxy) is 1. The molecule has 0 aliphatic heterocycles. The summed E-state index contributed by atoms with van der Waals surface area (Å²) in [5, 5.41) is 5.55. The summed E-state index contributed by atoms with van der Waals surface area (Å²) in [5.74, 6) is 1.98. The molecule has 0 saturated heterocycles. The second-order valence-electron chi connectivity index (χ2n) is 8.57. The molecular weight excluding hydrogens is 435 g/mol. The Morgan fingerprint density at radius 2 is 1.68 bits per heavy atom. The Morgan fingerprint density at radius 3 is 2.29 bits per heavy atom. The van der Waals surface area contributed by atoms with E-state index in [1.165, 1.54) is 31.0 Å². The predicted octanol–water partition coefficient (Wildman–Crippen LogP) is 6.79. The first-order chi connectivity index (χ1) is 14.7. The molecule has 1 aliphatic carbocycles.